The summed E-state index contributed by atoms with van der Waals surface area (Å²) < 4.78 is 1.35. The van der Waals surface area contributed by atoms with E-state index in [9.17, 15) is 4.79 Å². The van der Waals surface area contributed by atoms with Gasteiger partial charge in [-0.15, -0.1) is 5.10 Å². The van der Waals surface area contributed by atoms with Gasteiger partial charge < -0.3 is 5.11 Å². The Morgan fingerprint density at radius 2 is 2.33 bits per heavy atom. The third kappa shape index (κ3) is 1.77. The van der Waals surface area contributed by atoms with E-state index < -0.39 is 5.97 Å². The summed E-state index contributed by atoms with van der Waals surface area (Å²) >= 11 is 0. The van der Waals surface area contributed by atoms with Gasteiger partial charge in [0.05, 0.1) is 0 Å². The van der Waals surface area contributed by atoms with Crippen molar-refractivity contribution in [1.29, 1.82) is 0 Å². The maximum absolute atomic E-state index is 10.4. The number of carbonyl (C=O) groups is 1. The highest BCUT2D eigenvalue weighted by Gasteiger charge is 2.15. The molecule has 1 heterocycles. The Hall–Kier alpha value is -1.46. The zero-order valence-electron chi connectivity index (χ0n) is 6.98. The third-order valence-corrected chi connectivity index (χ3v) is 1.37. The summed E-state index contributed by atoms with van der Waals surface area (Å²) in [5.74, 6) is 0.110. The van der Waals surface area contributed by atoms with Crippen molar-refractivity contribution < 1.29 is 9.90 Å². The monoisotopic (exact) mass is 171 g/mol. The lowest BCUT2D eigenvalue weighted by molar-refractivity contribution is -0.138. The van der Waals surface area contributed by atoms with Gasteiger partial charge >= 0.3 is 5.97 Å². The van der Waals surface area contributed by atoms with E-state index in [0.717, 1.165) is 0 Å². The third-order valence-electron chi connectivity index (χ3n) is 1.37. The molecule has 0 aromatic carbocycles. The number of aromatic nitrogens is 4. The molecule has 66 valence electrons. The van der Waals surface area contributed by atoms with E-state index in [-0.39, 0.29) is 12.5 Å². The van der Waals surface area contributed by atoms with Crippen LogP contribution in [0.25, 0.3) is 0 Å². The Bertz CT molecular complexity index is 281. The van der Waals surface area contributed by atoms with Crippen LogP contribution in [-0.4, -0.2) is 31.3 Å². The standard InChI is InChI=1S/C6H10N4O2/c1-4(2)6-7-8-9-10(6)3-5(11)12/h4H,3H2,1-2H3,(H,11,12)/p+1. The predicted molar refractivity (Wildman–Crippen MR) is 40.5 cm³/mol. The number of tetrazole rings is 1. The summed E-state index contributed by atoms with van der Waals surface area (Å²) in [6.45, 7) is 3.79. The molecule has 0 aliphatic heterocycles. The largest absolute Gasteiger partial charge is 0.563 e. The molecule has 6 heteroatoms. The molecule has 0 atom stereocenters. The predicted octanol–water partition coefficient (Wildman–Crippen LogP) is -0.952. The number of hydrogen-bond acceptors (Lipinski definition) is 4. The fourth-order valence-corrected chi connectivity index (χ4v) is 0.874. The second-order valence-electron chi connectivity index (χ2n) is 2.77. The van der Waals surface area contributed by atoms with Gasteiger partial charge in [-0.2, -0.15) is 0 Å². The first-order valence-corrected chi connectivity index (χ1v) is 3.61. The summed E-state index contributed by atoms with van der Waals surface area (Å²) in [5, 5.41) is 17.5. The van der Waals surface area contributed by atoms with E-state index in [1.54, 1.807) is 0 Å². The van der Waals surface area contributed by atoms with Crippen molar-refractivity contribution in [2.75, 3.05) is 0 Å². The minimum absolute atomic E-state index is 0.0689. The van der Waals surface area contributed by atoms with Gasteiger partial charge in [-0.25, -0.2) is 4.68 Å². The number of carbonyl (C=O) groups excluding carboxylic acids is 1. The minimum atomic E-state index is -0.691. The molecule has 0 aliphatic rings. The average molecular weight is 171 g/mol. The fraction of sp³-hybridized carbons (Fsp3) is 0.667. The van der Waals surface area contributed by atoms with Crippen LogP contribution in [0.2, 0.25) is 0 Å². The molecule has 0 bridgehead atoms. The van der Waals surface area contributed by atoms with Gasteiger partial charge in [0.2, 0.25) is 6.54 Å². The van der Waals surface area contributed by atoms with Gasteiger partial charge in [-0.1, -0.05) is 13.8 Å². The van der Waals surface area contributed by atoms with Crippen LogP contribution in [0.4, 0.5) is 0 Å². The molecule has 1 aromatic heterocycles. The topological polar surface area (TPSA) is 83.6 Å². The average Bonchev–Trinajstić information content (AvgIpc) is 2.33. The van der Waals surface area contributed by atoms with Crippen molar-refractivity contribution in [1.82, 2.24) is 20.2 Å². The Morgan fingerprint density at radius 1 is 1.67 bits per heavy atom. The SMILES string of the molecule is CC(C)c1nnnn1CC(=O)[OH2+]. The lowest BCUT2D eigenvalue weighted by Crippen LogP contribution is -2.14. The van der Waals surface area contributed by atoms with Crippen LogP contribution >= 0.6 is 0 Å². The van der Waals surface area contributed by atoms with Crippen LogP contribution in [0.15, 0.2) is 0 Å². The van der Waals surface area contributed by atoms with Crippen LogP contribution in [0.3, 0.4) is 0 Å². The second kappa shape index (κ2) is 3.29. The Labute approximate surface area is 69.2 Å². The van der Waals surface area contributed by atoms with Crippen molar-refractivity contribution >= 4 is 5.97 Å². The maximum Gasteiger partial charge on any atom is 0.537 e. The first-order chi connectivity index (χ1) is 5.61. The molecule has 6 nitrogen and oxygen atoms in total. The molecule has 0 amide bonds. The van der Waals surface area contributed by atoms with E-state index in [2.05, 4.69) is 15.5 Å². The summed E-state index contributed by atoms with van der Waals surface area (Å²) in [7, 11) is 0. The smallest absolute Gasteiger partial charge is 0.537 e. The van der Waals surface area contributed by atoms with Crippen molar-refractivity contribution in [3.8, 4) is 0 Å². The van der Waals surface area contributed by atoms with E-state index in [1.807, 2.05) is 13.8 Å². The van der Waals surface area contributed by atoms with Gasteiger partial charge in [0.15, 0.2) is 5.82 Å². The zero-order chi connectivity index (χ0) is 9.14. The molecule has 0 saturated carbocycles. The van der Waals surface area contributed by atoms with Gasteiger partial charge in [0.1, 0.15) is 0 Å². The Balaban J connectivity index is 2.84. The van der Waals surface area contributed by atoms with Crippen molar-refractivity contribution in [2.24, 2.45) is 0 Å². The minimum Gasteiger partial charge on any atom is -0.563 e. The first-order valence-electron chi connectivity index (χ1n) is 3.61. The van der Waals surface area contributed by atoms with E-state index in [0.29, 0.717) is 5.82 Å². The summed E-state index contributed by atoms with van der Waals surface area (Å²) in [6, 6.07) is 0. The van der Waals surface area contributed by atoms with Crippen molar-refractivity contribution in [3.63, 3.8) is 0 Å². The molecular weight excluding hydrogens is 160 g/mol. The van der Waals surface area contributed by atoms with Gasteiger partial charge in [-0.05, 0) is 10.4 Å². The first kappa shape index (κ1) is 8.63. The zero-order valence-corrected chi connectivity index (χ0v) is 6.98. The highest BCUT2D eigenvalue weighted by molar-refractivity contribution is 5.66. The van der Waals surface area contributed by atoms with Crippen LogP contribution in [0, 0.1) is 0 Å². The fourth-order valence-electron chi connectivity index (χ4n) is 0.874. The van der Waals surface area contributed by atoms with Crippen LogP contribution in [-0.2, 0) is 11.3 Å². The second-order valence-corrected chi connectivity index (χ2v) is 2.77. The summed E-state index contributed by atoms with van der Waals surface area (Å²) in [5.41, 5.74) is 0. The summed E-state index contributed by atoms with van der Waals surface area (Å²) in [4.78, 5) is 10.4. The highest BCUT2D eigenvalue weighted by Crippen LogP contribution is 2.08. The van der Waals surface area contributed by atoms with Crippen molar-refractivity contribution in [2.45, 2.75) is 26.3 Å². The van der Waals surface area contributed by atoms with Gasteiger partial charge in [0, 0.05) is 10.7 Å². The molecular formula is C6H11N4O2+. The molecule has 0 fully saturated rings. The Morgan fingerprint density at radius 3 is 2.83 bits per heavy atom. The van der Waals surface area contributed by atoms with Gasteiger partial charge in [0.25, 0.3) is 0 Å². The normalized spacial score (nSPS) is 10.6. The highest BCUT2D eigenvalue weighted by atomic mass is 16.4. The molecule has 0 aliphatic carbocycles. The van der Waals surface area contributed by atoms with E-state index in [1.165, 1.54) is 4.68 Å². The number of rotatable bonds is 3. The van der Waals surface area contributed by atoms with Crippen molar-refractivity contribution in [3.05, 3.63) is 5.82 Å². The lowest BCUT2D eigenvalue weighted by atomic mass is 10.2. The van der Waals surface area contributed by atoms with Crippen LogP contribution < -0.4 is 0 Å². The number of nitrogens with zero attached hydrogens (tertiary/aromatic N) is 4. The lowest BCUT2D eigenvalue weighted by Gasteiger charge is -2.01. The molecule has 0 spiro atoms. The van der Waals surface area contributed by atoms with Crippen LogP contribution in [0.1, 0.15) is 25.6 Å². The Kier molecular flexibility index (Phi) is 2.37. The molecule has 2 N–H and O–H groups in total. The van der Waals surface area contributed by atoms with Crippen LogP contribution in [0.5, 0.6) is 0 Å². The molecule has 0 saturated heterocycles. The molecule has 1 rings (SSSR count). The van der Waals surface area contributed by atoms with E-state index in [4.69, 9.17) is 5.11 Å². The molecule has 0 radical (unpaired) electrons. The molecule has 0 unspecified atom stereocenters. The molecule has 12 heavy (non-hydrogen) atoms. The van der Waals surface area contributed by atoms with Gasteiger partial charge in [-0.3, -0.25) is 0 Å². The van der Waals surface area contributed by atoms with E-state index >= 15 is 0 Å². The summed E-state index contributed by atoms with van der Waals surface area (Å²) in [6.07, 6.45) is 0. The quantitative estimate of drug-likeness (QED) is 0.549. The molecule has 1 aromatic rings. The number of hydrogen-bond donors (Lipinski definition) is 0. The maximum atomic E-state index is 10.4.